The number of halogens is 3. The molecule has 13 heteroatoms. The zero-order chi connectivity index (χ0) is 25.4. The zero-order valence-electron chi connectivity index (χ0n) is 17.6. The van der Waals surface area contributed by atoms with Gasteiger partial charge in [0.2, 0.25) is 0 Å². The number of hydrogen-bond acceptors (Lipinski definition) is 6. The standard InChI is InChI=1S/C22H16Cl2FN5O5/c23-12-7-13(24)9-16(8-12)29-20(32)19(31)26-10-17-5-6-18(35-17)11-27-30-22(34)21(33)28-15-3-1-14(25)2-4-15/h1-9,11H,10H2,(H,26,31)(H,28,33)(H,29,32)(H,30,34)/b27-11+. The van der Waals surface area contributed by atoms with E-state index in [9.17, 15) is 23.6 Å². The smallest absolute Gasteiger partial charge is 0.329 e. The minimum atomic E-state index is -1.06. The van der Waals surface area contributed by atoms with E-state index in [2.05, 4.69) is 21.1 Å². The fourth-order valence-corrected chi connectivity index (χ4v) is 3.07. The summed E-state index contributed by atoms with van der Waals surface area (Å²) in [4.78, 5) is 47.6. The van der Waals surface area contributed by atoms with Gasteiger partial charge in [-0.05, 0) is 54.6 Å². The van der Waals surface area contributed by atoms with Gasteiger partial charge in [0.15, 0.2) is 0 Å². The highest BCUT2D eigenvalue weighted by Crippen LogP contribution is 2.22. The zero-order valence-corrected chi connectivity index (χ0v) is 19.1. The Morgan fingerprint density at radius 1 is 0.829 bits per heavy atom. The summed E-state index contributed by atoms with van der Waals surface area (Å²) >= 11 is 11.7. The van der Waals surface area contributed by atoms with Crippen LogP contribution >= 0.6 is 23.2 Å². The van der Waals surface area contributed by atoms with E-state index in [1.165, 1.54) is 42.5 Å². The molecule has 1 aromatic heterocycles. The molecule has 2 aromatic carbocycles. The molecule has 180 valence electrons. The molecule has 0 unspecified atom stereocenters. The number of carbonyl (C=O) groups excluding carboxylic acids is 4. The minimum Gasteiger partial charge on any atom is -0.458 e. The van der Waals surface area contributed by atoms with Crippen molar-refractivity contribution in [2.75, 3.05) is 10.6 Å². The number of nitrogens with one attached hydrogen (secondary N) is 4. The van der Waals surface area contributed by atoms with Crippen molar-refractivity contribution in [3.05, 3.63) is 82.0 Å². The second-order valence-corrected chi connectivity index (χ2v) is 7.63. The molecule has 4 amide bonds. The van der Waals surface area contributed by atoms with Crippen molar-refractivity contribution in [2.24, 2.45) is 5.10 Å². The van der Waals surface area contributed by atoms with Crippen LogP contribution in [0.3, 0.4) is 0 Å². The molecule has 35 heavy (non-hydrogen) atoms. The molecule has 0 aliphatic carbocycles. The number of hydrogen-bond donors (Lipinski definition) is 4. The summed E-state index contributed by atoms with van der Waals surface area (Å²) in [6.07, 6.45) is 1.13. The average Bonchev–Trinajstić information content (AvgIpc) is 3.25. The number of furan rings is 1. The van der Waals surface area contributed by atoms with Crippen molar-refractivity contribution in [1.29, 1.82) is 0 Å². The molecule has 0 aliphatic rings. The van der Waals surface area contributed by atoms with Crippen LogP contribution < -0.4 is 21.4 Å². The van der Waals surface area contributed by atoms with Gasteiger partial charge >= 0.3 is 23.6 Å². The normalized spacial score (nSPS) is 10.6. The molecule has 10 nitrogen and oxygen atoms in total. The summed E-state index contributed by atoms with van der Waals surface area (Å²) in [6, 6.07) is 12.2. The molecule has 0 radical (unpaired) electrons. The molecule has 3 rings (SSSR count). The first-order chi connectivity index (χ1) is 16.7. The molecule has 0 spiro atoms. The topological polar surface area (TPSA) is 142 Å². The third-order valence-corrected chi connectivity index (χ3v) is 4.53. The maximum Gasteiger partial charge on any atom is 0.329 e. The number of rotatable bonds is 6. The highest BCUT2D eigenvalue weighted by atomic mass is 35.5. The van der Waals surface area contributed by atoms with Crippen LogP contribution in [0.2, 0.25) is 10.0 Å². The highest BCUT2D eigenvalue weighted by Gasteiger charge is 2.15. The molecule has 1 heterocycles. The molecule has 3 aromatic rings. The van der Waals surface area contributed by atoms with Crippen molar-refractivity contribution in [1.82, 2.24) is 10.7 Å². The fraction of sp³-hybridized carbons (Fsp3) is 0.0455. The summed E-state index contributed by atoms with van der Waals surface area (Å²) in [5.74, 6) is -3.91. The third-order valence-electron chi connectivity index (χ3n) is 4.10. The van der Waals surface area contributed by atoms with E-state index in [1.54, 1.807) is 0 Å². The van der Waals surface area contributed by atoms with E-state index in [-0.39, 0.29) is 23.7 Å². The van der Waals surface area contributed by atoms with E-state index in [0.717, 1.165) is 18.3 Å². The van der Waals surface area contributed by atoms with Gasteiger partial charge < -0.3 is 20.4 Å². The van der Waals surface area contributed by atoms with Crippen molar-refractivity contribution >= 4 is 64.4 Å². The van der Waals surface area contributed by atoms with E-state index in [1.807, 2.05) is 5.43 Å². The summed E-state index contributed by atoms with van der Waals surface area (Å²) in [7, 11) is 0. The van der Waals surface area contributed by atoms with Crippen LogP contribution in [0.4, 0.5) is 15.8 Å². The molecule has 0 bridgehead atoms. The first-order valence-electron chi connectivity index (χ1n) is 9.73. The lowest BCUT2D eigenvalue weighted by Crippen LogP contribution is -2.34. The monoisotopic (exact) mass is 519 g/mol. The molecule has 0 saturated carbocycles. The van der Waals surface area contributed by atoms with Gasteiger partial charge in [-0.15, -0.1) is 0 Å². The Balaban J connectivity index is 1.44. The number of carbonyl (C=O) groups is 4. The Morgan fingerprint density at radius 3 is 2.14 bits per heavy atom. The number of benzene rings is 2. The number of anilines is 2. The van der Waals surface area contributed by atoms with Crippen molar-refractivity contribution in [3.63, 3.8) is 0 Å². The molecule has 0 aliphatic heterocycles. The Bertz CT molecular complexity index is 1270. The largest absolute Gasteiger partial charge is 0.458 e. The van der Waals surface area contributed by atoms with Gasteiger partial charge in [-0.3, -0.25) is 19.2 Å². The van der Waals surface area contributed by atoms with Gasteiger partial charge in [0, 0.05) is 21.4 Å². The lowest BCUT2D eigenvalue weighted by Gasteiger charge is -2.06. The maximum absolute atomic E-state index is 12.9. The fourth-order valence-electron chi connectivity index (χ4n) is 2.55. The minimum absolute atomic E-state index is 0.108. The maximum atomic E-state index is 12.9. The van der Waals surface area contributed by atoms with Crippen LogP contribution in [0, 0.1) is 5.82 Å². The Morgan fingerprint density at radius 2 is 1.46 bits per heavy atom. The van der Waals surface area contributed by atoms with Gasteiger partial charge in [-0.25, -0.2) is 9.82 Å². The SMILES string of the molecule is O=C(NCc1ccc(/C=N/NC(=O)C(=O)Nc2ccc(F)cc2)o1)C(=O)Nc1cc(Cl)cc(Cl)c1. The lowest BCUT2D eigenvalue weighted by atomic mass is 10.3. The number of amides is 4. The average molecular weight is 520 g/mol. The van der Waals surface area contributed by atoms with Gasteiger partial charge in [0.05, 0.1) is 12.8 Å². The summed E-state index contributed by atoms with van der Waals surface area (Å²) in [6.45, 7) is -0.108. The third kappa shape index (κ3) is 7.95. The van der Waals surface area contributed by atoms with Gasteiger partial charge in [-0.1, -0.05) is 23.2 Å². The summed E-state index contributed by atoms with van der Waals surface area (Å²) < 4.78 is 18.3. The second kappa shape index (κ2) is 11.8. The molecule has 0 saturated heterocycles. The first kappa shape index (κ1) is 25.4. The lowest BCUT2D eigenvalue weighted by molar-refractivity contribution is -0.136. The highest BCUT2D eigenvalue weighted by molar-refractivity contribution is 6.40. The first-order valence-corrected chi connectivity index (χ1v) is 10.5. The van der Waals surface area contributed by atoms with Gasteiger partial charge in [0.25, 0.3) is 0 Å². The summed E-state index contributed by atoms with van der Waals surface area (Å²) in [5.41, 5.74) is 2.50. The van der Waals surface area contributed by atoms with Crippen LogP contribution in [0.25, 0.3) is 0 Å². The van der Waals surface area contributed by atoms with Gasteiger partial charge in [-0.2, -0.15) is 5.10 Å². The molecular formula is C22H16Cl2FN5O5. The Kier molecular flexibility index (Phi) is 8.54. The predicted octanol–water partition coefficient (Wildman–Crippen LogP) is 3.07. The summed E-state index contributed by atoms with van der Waals surface area (Å²) in [5, 5.41) is 11.2. The molecular weight excluding hydrogens is 504 g/mol. The Labute approximate surface area is 207 Å². The number of hydrazone groups is 1. The van der Waals surface area contributed by atoms with Gasteiger partial charge in [0.1, 0.15) is 17.3 Å². The van der Waals surface area contributed by atoms with E-state index >= 15 is 0 Å². The van der Waals surface area contributed by atoms with E-state index in [4.69, 9.17) is 27.6 Å². The van der Waals surface area contributed by atoms with Crippen LogP contribution in [-0.4, -0.2) is 29.8 Å². The van der Waals surface area contributed by atoms with Crippen LogP contribution in [-0.2, 0) is 25.7 Å². The van der Waals surface area contributed by atoms with Crippen molar-refractivity contribution < 1.29 is 28.0 Å². The quantitative estimate of drug-likeness (QED) is 0.225. The second-order valence-electron chi connectivity index (χ2n) is 6.76. The molecule has 0 atom stereocenters. The molecule has 0 fully saturated rings. The van der Waals surface area contributed by atoms with Crippen molar-refractivity contribution in [2.45, 2.75) is 6.54 Å². The Hall–Kier alpha value is -4.22. The number of nitrogens with zero attached hydrogens (tertiary/aromatic N) is 1. The van der Waals surface area contributed by atoms with Crippen LogP contribution in [0.15, 0.2) is 64.1 Å². The predicted molar refractivity (Wildman–Crippen MR) is 126 cm³/mol. The van der Waals surface area contributed by atoms with Crippen LogP contribution in [0.1, 0.15) is 11.5 Å². The van der Waals surface area contributed by atoms with E-state index in [0.29, 0.717) is 15.8 Å². The van der Waals surface area contributed by atoms with Crippen molar-refractivity contribution in [3.8, 4) is 0 Å². The van der Waals surface area contributed by atoms with E-state index < -0.39 is 29.4 Å². The molecule has 4 N–H and O–H groups in total. The van der Waals surface area contributed by atoms with Crippen LogP contribution in [0.5, 0.6) is 0 Å².